The molecule has 0 saturated heterocycles. The number of benzene rings is 1. The van der Waals surface area contributed by atoms with Crippen molar-refractivity contribution in [3.63, 3.8) is 0 Å². The molecule has 0 unspecified atom stereocenters. The van der Waals surface area contributed by atoms with Crippen molar-refractivity contribution in [1.82, 2.24) is 9.55 Å². The van der Waals surface area contributed by atoms with Gasteiger partial charge in [-0.25, -0.2) is 13.9 Å². The number of halogens is 1. The van der Waals surface area contributed by atoms with Crippen LogP contribution in [0.5, 0.6) is 0 Å². The molecule has 0 bridgehead atoms. The van der Waals surface area contributed by atoms with E-state index in [0.717, 1.165) is 12.1 Å². The summed E-state index contributed by atoms with van der Waals surface area (Å²) in [6, 6.07) is 1.94. The predicted octanol–water partition coefficient (Wildman–Crippen LogP) is -1.34. The lowest BCUT2D eigenvalue weighted by atomic mass is 10.2. The first kappa shape index (κ1) is 11.5. The Labute approximate surface area is 93.2 Å². The van der Waals surface area contributed by atoms with E-state index in [9.17, 15) is 9.18 Å². The highest BCUT2D eigenvalue weighted by Crippen LogP contribution is 2.16. The molecule has 8 heteroatoms. The van der Waals surface area contributed by atoms with E-state index >= 15 is 0 Å². The molecule has 0 radical (unpaired) electrons. The fourth-order valence-electron chi connectivity index (χ4n) is 1.37. The summed E-state index contributed by atoms with van der Waals surface area (Å²) in [5.74, 6) is -0.745. The van der Waals surface area contributed by atoms with Gasteiger partial charge in [-0.2, -0.15) is 0 Å². The summed E-state index contributed by atoms with van der Waals surface area (Å²) < 4.78 is 13.3. The van der Waals surface area contributed by atoms with Gasteiger partial charge in [0.1, 0.15) is 12.1 Å². The summed E-state index contributed by atoms with van der Waals surface area (Å²) in [5, 5.41) is 26.5. The molecule has 5 N–H and O–H groups in total. The van der Waals surface area contributed by atoms with Crippen molar-refractivity contribution in [3.8, 4) is 0 Å². The molecule has 1 heterocycles. The van der Waals surface area contributed by atoms with E-state index in [1.807, 2.05) is 0 Å². The van der Waals surface area contributed by atoms with Gasteiger partial charge in [0, 0.05) is 6.07 Å². The second-order valence-corrected chi connectivity index (χ2v) is 3.41. The van der Waals surface area contributed by atoms with E-state index in [1.54, 1.807) is 0 Å². The zero-order valence-electron chi connectivity index (χ0n) is 8.33. The Morgan fingerprint density at radius 1 is 1.35 bits per heavy atom. The summed E-state index contributed by atoms with van der Waals surface area (Å²) in [4.78, 5) is 15.3. The van der Waals surface area contributed by atoms with Crippen molar-refractivity contribution in [2.45, 2.75) is 6.10 Å². The summed E-state index contributed by atoms with van der Waals surface area (Å²) in [7, 11) is 0. The highest BCUT2D eigenvalue weighted by molar-refractivity contribution is 5.81. The van der Waals surface area contributed by atoms with Gasteiger partial charge in [0.2, 0.25) is 0 Å². The molecular formula is C9H8FN3O4. The molecule has 0 atom stereocenters. The molecule has 0 aliphatic rings. The fraction of sp³-hybridized carbons (Fsp3) is 0.111. The first-order chi connectivity index (χ1) is 7.80. The Hall–Kier alpha value is -2.03. The van der Waals surface area contributed by atoms with Crippen molar-refractivity contribution in [2.75, 3.05) is 5.73 Å². The average molecular weight is 241 g/mol. The van der Waals surface area contributed by atoms with E-state index in [4.69, 9.17) is 21.1 Å². The van der Waals surface area contributed by atoms with Gasteiger partial charge in [-0.15, -0.1) is 0 Å². The third kappa shape index (κ3) is 1.84. The molecule has 90 valence electrons. The molecule has 17 heavy (non-hydrogen) atoms. The minimum absolute atomic E-state index is 0.0119. The van der Waals surface area contributed by atoms with Crippen molar-refractivity contribution in [2.24, 2.45) is 0 Å². The number of nitrogens with zero attached hydrogens (tertiary/aromatic N) is 2. The quantitative estimate of drug-likeness (QED) is 0.362. The zero-order valence-corrected chi connectivity index (χ0v) is 8.33. The van der Waals surface area contributed by atoms with Crippen molar-refractivity contribution >= 4 is 16.6 Å². The number of hydrogen-bond donors (Lipinski definition) is 4. The molecule has 0 aliphatic carbocycles. The normalized spacial score (nSPS) is 12.0. The molecule has 0 aliphatic heterocycles. The largest absolute Gasteiger partial charge is 0.396 e. The van der Waals surface area contributed by atoms with Crippen molar-refractivity contribution in [1.29, 1.82) is 0 Å². The van der Waals surface area contributed by atoms with Gasteiger partial charge in [0.05, 0.1) is 16.6 Å². The highest BCUT2D eigenvalue weighted by Gasteiger charge is 2.24. The Bertz CT molecular complexity index is 647. The lowest BCUT2D eigenvalue weighted by Gasteiger charge is -2.16. The summed E-state index contributed by atoms with van der Waals surface area (Å²) in [5.41, 5.74) is 4.02. The first-order valence-electron chi connectivity index (χ1n) is 4.44. The molecule has 7 nitrogen and oxygen atoms in total. The first-order valence-corrected chi connectivity index (χ1v) is 4.44. The Morgan fingerprint density at radius 2 is 2.00 bits per heavy atom. The van der Waals surface area contributed by atoms with Gasteiger partial charge >= 0.3 is 6.10 Å². The number of rotatable bonds is 1. The fourth-order valence-corrected chi connectivity index (χ4v) is 1.37. The topological polar surface area (TPSA) is 122 Å². The number of aromatic nitrogens is 2. The van der Waals surface area contributed by atoms with Crippen LogP contribution in [0.25, 0.3) is 10.9 Å². The van der Waals surface area contributed by atoms with Gasteiger partial charge in [0.25, 0.3) is 5.56 Å². The van der Waals surface area contributed by atoms with Crippen LogP contribution in [0, 0.1) is 5.82 Å². The van der Waals surface area contributed by atoms with Gasteiger partial charge in [-0.1, -0.05) is 0 Å². The van der Waals surface area contributed by atoms with Crippen LogP contribution >= 0.6 is 0 Å². The Balaban J connectivity index is 2.85. The van der Waals surface area contributed by atoms with Gasteiger partial charge < -0.3 is 21.1 Å². The molecule has 2 rings (SSSR count). The molecule has 0 fully saturated rings. The molecule has 1 aromatic heterocycles. The van der Waals surface area contributed by atoms with Crippen LogP contribution in [-0.4, -0.2) is 24.9 Å². The second kappa shape index (κ2) is 3.48. The third-order valence-corrected chi connectivity index (χ3v) is 2.20. The third-order valence-electron chi connectivity index (χ3n) is 2.20. The van der Waals surface area contributed by atoms with E-state index in [0.29, 0.717) is 6.33 Å². The summed E-state index contributed by atoms with van der Waals surface area (Å²) >= 11 is 0. The molecule has 0 saturated carbocycles. The van der Waals surface area contributed by atoms with Crippen LogP contribution in [0.15, 0.2) is 23.3 Å². The zero-order chi connectivity index (χ0) is 12.8. The highest BCUT2D eigenvalue weighted by atomic mass is 19.1. The maximum atomic E-state index is 13.1. The van der Waals surface area contributed by atoms with Crippen LogP contribution in [0.2, 0.25) is 0 Å². The second-order valence-electron chi connectivity index (χ2n) is 3.41. The number of fused-ring (bicyclic) bond motifs is 1. The number of hydrogen-bond acceptors (Lipinski definition) is 6. The van der Waals surface area contributed by atoms with E-state index in [1.165, 1.54) is 0 Å². The maximum absolute atomic E-state index is 13.1. The predicted molar refractivity (Wildman–Crippen MR) is 55.0 cm³/mol. The summed E-state index contributed by atoms with van der Waals surface area (Å²) in [6.07, 6.45) is -2.69. The Kier molecular flexibility index (Phi) is 2.35. The van der Waals surface area contributed by atoms with Crippen LogP contribution < -0.4 is 11.3 Å². The minimum atomic E-state index is -3.37. The van der Waals surface area contributed by atoms with Crippen LogP contribution in [0.4, 0.5) is 10.1 Å². The summed E-state index contributed by atoms with van der Waals surface area (Å²) in [6.45, 7) is 0. The van der Waals surface area contributed by atoms with Crippen molar-refractivity contribution < 1.29 is 19.7 Å². The van der Waals surface area contributed by atoms with E-state index < -0.39 is 17.5 Å². The van der Waals surface area contributed by atoms with Gasteiger partial charge in [0.15, 0.2) is 0 Å². The van der Waals surface area contributed by atoms with Crippen molar-refractivity contribution in [3.05, 3.63) is 34.6 Å². The SMILES string of the molecule is Nc1cc2c(=O)n(C(O)(O)O)cnc2cc1F. The molecule has 0 amide bonds. The van der Waals surface area contributed by atoms with Crippen LogP contribution in [-0.2, 0) is 6.10 Å². The average Bonchev–Trinajstić information content (AvgIpc) is 2.19. The monoisotopic (exact) mass is 241 g/mol. The number of nitrogen functional groups attached to an aromatic ring is 1. The Morgan fingerprint density at radius 3 is 2.59 bits per heavy atom. The van der Waals surface area contributed by atoms with Crippen LogP contribution in [0.1, 0.15) is 0 Å². The smallest absolute Gasteiger partial charge is 0.377 e. The molecular weight excluding hydrogens is 233 g/mol. The van der Waals surface area contributed by atoms with E-state index in [2.05, 4.69) is 4.98 Å². The standard InChI is InChI=1S/C9H8FN3O4/c10-5-2-7-4(1-6(5)11)8(14)13(3-12-7)9(15,16)17/h1-3,15-17H,11H2. The van der Waals surface area contributed by atoms with Crippen LogP contribution in [0.3, 0.4) is 0 Å². The van der Waals surface area contributed by atoms with Gasteiger partial charge in [-0.05, 0) is 6.07 Å². The number of nitrogens with two attached hydrogens (primary N) is 1. The van der Waals surface area contributed by atoms with E-state index in [-0.39, 0.29) is 21.2 Å². The minimum Gasteiger partial charge on any atom is -0.396 e. The lowest BCUT2D eigenvalue weighted by molar-refractivity contribution is -0.377. The maximum Gasteiger partial charge on any atom is 0.377 e. The number of anilines is 1. The molecule has 1 aromatic carbocycles. The van der Waals surface area contributed by atoms with Gasteiger partial charge in [-0.3, -0.25) is 4.79 Å². The number of aliphatic hydroxyl groups is 3. The lowest BCUT2D eigenvalue weighted by Crippen LogP contribution is -2.40. The molecule has 2 aromatic rings. The molecule has 0 spiro atoms.